The number of rotatable bonds is 4. The number of fused-ring (bicyclic) bond motifs is 1. The van der Waals surface area contributed by atoms with Gasteiger partial charge in [0.1, 0.15) is 0 Å². The van der Waals surface area contributed by atoms with Crippen LogP contribution in [0.1, 0.15) is 23.2 Å². The van der Waals surface area contributed by atoms with E-state index in [1.807, 2.05) is 0 Å². The zero-order valence-corrected chi connectivity index (χ0v) is 11.9. The van der Waals surface area contributed by atoms with E-state index < -0.39 is 0 Å². The van der Waals surface area contributed by atoms with Crippen LogP contribution in [0.15, 0.2) is 18.5 Å². The van der Waals surface area contributed by atoms with E-state index in [1.165, 1.54) is 19.0 Å². The summed E-state index contributed by atoms with van der Waals surface area (Å²) in [4.78, 5) is 18.6. The molecule has 0 aromatic carbocycles. The largest absolute Gasteiger partial charge is 0.373 e. The first-order valence-corrected chi connectivity index (χ1v) is 7.32. The fraction of sp³-hybridized carbons (Fsp3) is 0.571. The molecular formula is C14H21N5O2. The molecule has 0 spiro atoms. The van der Waals surface area contributed by atoms with E-state index in [0.29, 0.717) is 23.8 Å². The van der Waals surface area contributed by atoms with Gasteiger partial charge in [-0.1, -0.05) is 0 Å². The van der Waals surface area contributed by atoms with Crippen molar-refractivity contribution in [3.63, 3.8) is 0 Å². The van der Waals surface area contributed by atoms with Crippen LogP contribution in [0.3, 0.4) is 0 Å². The molecule has 2 fully saturated rings. The highest BCUT2D eigenvalue weighted by molar-refractivity contribution is 5.99. The molecule has 2 atom stereocenters. The number of nitrogens with zero attached hydrogens (tertiary/aromatic N) is 2. The fourth-order valence-corrected chi connectivity index (χ4v) is 3.01. The zero-order valence-electron chi connectivity index (χ0n) is 11.9. The molecule has 0 bridgehead atoms. The molecular weight excluding hydrogens is 270 g/mol. The molecule has 2 saturated heterocycles. The quantitative estimate of drug-likeness (QED) is 0.532. The maximum absolute atomic E-state index is 12.2. The topological polar surface area (TPSA) is 92.5 Å². The highest BCUT2D eigenvalue weighted by atomic mass is 16.5. The molecule has 1 aromatic rings. The average Bonchev–Trinajstić information content (AvgIpc) is 3.00. The van der Waals surface area contributed by atoms with Crippen LogP contribution in [0.2, 0.25) is 0 Å². The normalized spacial score (nSPS) is 25.4. The molecule has 3 rings (SSSR count). The molecule has 1 aromatic heterocycles. The first kappa shape index (κ1) is 14.2. The number of pyridine rings is 1. The second kappa shape index (κ2) is 6.38. The van der Waals surface area contributed by atoms with E-state index in [-0.39, 0.29) is 12.0 Å². The molecule has 4 N–H and O–H groups in total. The summed E-state index contributed by atoms with van der Waals surface area (Å²) in [5.74, 6) is 5.21. The number of nitrogen functional groups attached to an aromatic ring is 1. The molecule has 21 heavy (non-hydrogen) atoms. The summed E-state index contributed by atoms with van der Waals surface area (Å²) in [6, 6.07) is 2.24. The Labute approximate surface area is 123 Å². The van der Waals surface area contributed by atoms with Crippen molar-refractivity contribution in [1.29, 1.82) is 0 Å². The second-order valence-electron chi connectivity index (χ2n) is 5.52. The summed E-state index contributed by atoms with van der Waals surface area (Å²) in [5.41, 5.74) is 3.51. The lowest BCUT2D eigenvalue weighted by atomic mass is 10.2. The van der Waals surface area contributed by atoms with Crippen molar-refractivity contribution >= 4 is 11.6 Å². The van der Waals surface area contributed by atoms with Crippen molar-refractivity contribution < 1.29 is 9.53 Å². The van der Waals surface area contributed by atoms with Gasteiger partial charge in [0.15, 0.2) is 0 Å². The number of ether oxygens (including phenoxy) is 1. The Morgan fingerprint density at radius 2 is 2.48 bits per heavy atom. The van der Waals surface area contributed by atoms with Crippen LogP contribution >= 0.6 is 0 Å². The molecule has 0 saturated carbocycles. The van der Waals surface area contributed by atoms with Crippen LogP contribution in [0, 0.1) is 0 Å². The van der Waals surface area contributed by atoms with Gasteiger partial charge in [0.25, 0.3) is 5.91 Å². The summed E-state index contributed by atoms with van der Waals surface area (Å²) >= 11 is 0. The first-order chi connectivity index (χ1) is 10.3. The van der Waals surface area contributed by atoms with Gasteiger partial charge in [0.2, 0.25) is 0 Å². The third kappa shape index (κ3) is 3.15. The molecule has 2 aliphatic rings. The Morgan fingerprint density at radius 1 is 1.57 bits per heavy atom. The lowest BCUT2D eigenvalue weighted by Gasteiger charge is -2.35. The fourth-order valence-electron chi connectivity index (χ4n) is 3.01. The number of hydrogen-bond acceptors (Lipinski definition) is 6. The molecule has 7 nitrogen and oxygen atoms in total. The minimum Gasteiger partial charge on any atom is -0.373 e. The van der Waals surface area contributed by atoms with Crippen LogP contribution in [0.5, 0.6) is 0 Å². The van der Waals surface area contributed by atoms with Crippen molar-refractivity contribution in [2.75, 3.05) is 31.7 Å². The Bertz CT molecular complexity index is 510. The Morgan fingerprint density at radius 3 is 3.33 bits per heavy atom. The number of hydrogen-bond donors (Lipinski definition) is 3. The van der Waals surface area contributed by atoms with Crippen molar-refractivity contribution in [3.8, 4) is 0 Å². The van der Waals surface area contributed by atoms with Gasteiger partial charge >= 0.3 is 0 Å². The van der Waals surface area contributed by atoms with E-state index in [4.69, 9.17) is 10.6 Å². The smallest absolute Gasteiger partial charge is 0.255 e. The number of carbonyl (C=O) groups is 1. The molecule has 7 heteroatoms. The van der Waals surface area contributed by atoms with E-state index in [2.05, 4.69) is 20.6 Å². The Hall–Kier alpha value is -1.70. The van der Waals surface area contributed by atoms with Gasteiger partial charge < -0.3 is 15.5 Å². The predicted molar refractivity (Wildman–Crippen MR) is 78.7 cm³/mol. The number of nitrogens with two attached hydrogens (primary N) is 1. The van der Waals surface area contributed by atoms with Crippen molar-refractivity contribution in [2.45, 2.75) is 25.0 Å². The molecule has 2 unspecified atom stereocenters. The number of aromatic nitrogens is 1. The van der Waals surface area contributed by atoms with Gasteiger partial charge in [-0.25, -0.2) is 0 Å². The number of anilines is 1. The van der Waals surface area contributed by atoms with E-state index in [9.17, 15) is 4.79 Å². The van der Waals surface area contributed by atoms with E-state index in [1.54, 1.807) is 12.3 Å². The van der Waals surface area contributed by atoms with E-state index >= 15 is 0 Å². The third-order valence-electron chi connectivity index (χ3n) is 4.17. The number of carbonyl (C=O) groups excluding carboxylic acids is 1. The van der Waals surface area contributed by atoms with Crippen LogP contribution in [-0.4, -0.2) is 54.2 Å². The van der Waals surface area contributed by atoms with Gasteiger partial charge in [0.05, 0.1) is 24.0 Å². The van der Waals surface area contributed by atoms with Crippen LogP contribution in [0.4, 0.5) is 5.69 Å². The van der Waals surface area contributed by atoms with Gasteiger partial charge in [-0.05, 0) is 25.5 Å². The monoisotopic (exact) mass is 291 g/mol. The summed E-state index contributed by atoms with van der Waals surface area (Å²) < 4.78 is 5.82. The van der Waals surface area contributed by atoms with Gasteiger partial charge in [-0.15, -0.1) is 0 Å². The highest BCUT2D eigenvalue weighted by Gasteiger charge is 2.32. The van der Waals surface area contributed by atoms with Crippen LogP contribution in [-0.2, 0) is 4.74 Å². The standard InChI is InChI=1S/C14H21N5O2/c15-18-13-3-4-16-7-12(13)14(20)17-6-11-8-19-5-1-2-10(19)9-21-11/h3-4,7,10-11H,1-2,5-6,8-9,15H2,(H,16,18)(H,17,20). The van der Waals surface area contributed by atoms with Gasteiger partial charge in [0, 0.05) is 31.5 Å². The lowest BCUT2D eigenvalue weighted by Crippen LogP contribution is -2.50. The van der Waals surface area contributed by atoms with Crippen molar-refractivity contribution in [3.05, 3.63) is 24.0 Å². The average molecular weight is 291 g/mol. The van der Waals surface area contributed by atoms with Crippen LogP contribution < -0.4 is 16.6 Å². The minimum atomic E-state index is -0.191. The molecule has 1 amide bonds. The Kier molecular flexibility index (Phi) is 4.33. The highest BCUT2D eigenvalue weighted by Crippen LogP contribution is 2.22. The molecule has 2 aliphatic heterocycles. The number of hydrazine groups is 1. The number of amides is 1. The number of morpholine rings is 1. The molecule has 0 aliphatic carbocycles. The lowest BCUT2D eigenvalue weighted by molar-refractivity contribution is -0.0461. The summed E-state index contributed by atoms with van der Waals surface area (Å²) in [5, 5.41) is 2.90. The zero-order chi connectivity index (χ0) is 14.7. The molecule has 114 valence electrons. The SMILES string of the molecule is NNc1ccncc1C(=O)NCC1CN2CCCC2CO1. The second-order valence-corrected chi connectivity index (χ2v) is 5.52. The third-order valence-corrected chi connectivity index (χ3v) is 4.17. The van der Waals surface area contributed by atoms with Gasteiger partial charge in [-0.2, -0.15) is 0 Å². The summed E-state index contributed by atoms with van der Waals surface area (Å²) in [6.07, 6.45) is 5.61. The maximum Gasteiger partial charge on any atom is 0.255 e. The van der Waals surface area contributed by atoms with Crippen molar-refractivity contribution in [1.82, 2.24) is 15.2 Å². The molecule has 3 heterocycles. The maximum atomic E-state index is 12.2. The van der Waals surface area contributed by atoms with Crippen LogP contribution in [0.25, 0.3) is 0 Å². The minimum absolute atomic E-state index is 0.0502. The summed E-state index contributed by atoms with van der Waals surface area (Å²) in [7, 11) is 0. The Balaban J connectivity index is 1.54. The first-order valence-electron chi connectivity index (χ1n) is 7.32. The number of nitrogens with one attached hydrogen (secondary N) is 2. The van der Waals surface area contributed by atoms with Gasteiger partial charge in [-0.3, -0.25) is 20.5 Å². The molecule has 0 radical (unpaired) electrons. The predicted octanol–water partition coefficient (Wildman–Crippen LogP) is -0.0398. The van der Waals surface area contributed by atoms with E-state index in [0.717, 1.165) is 19.7 Å². The summed E-state index contributed by atoms with van der Waals surface area (Å²) in [6.45, 7) is 3.30. The van der Waals surface area contributed by atoms with Crippen molar-refractivity contribution in [2.24, 2.45) is 5.84 Å².